The lowest BCUT2D eigenvalue weighted by atomic mass is 9.77. The van der Waals surface area contributed by atoms with E-state index in [1.54, 1.807) is 0 Å². The van der Waals surface area contributed by atoms with Crippen LogP contribution in [0.4, 0.5) is 14.5 Å². The summed E-state index contributed by atoms with van der Waals surface area (Å²) in [6, 6.07) is 10.5. The highest BCUT2D eigenvalue weighted by Gasteiger charge is 2.22. The molecule has 0 atom stereocenters. The van der Waals surface area contributed by atoms with E-state index in [-0.39, 0.29) is 5.56 Å². The van der Waals surface area contributed by atoms with E-state index >= 15 is 0 Å². The van der Waals surface area contributed by atoms with Gasteiger partial charge in [0, 0.05) is 17.0 Å². The van der Waals surface area contributed by atoms with E-state index < -0.39 is 17.3 Å². The number of hydrogen-bond acceptors (Lipinski definition) is 2. The molecule has 1 aliphatic carbocycles. The summed E-state index contributed by atoms with van der Waals surface area (Å²) in [5, 5.41) is 1.98. The van der Waals surface area contributed by atoms with Crippen molar-refractivity contribution in [2.24, 2.45) is 10.9 Å². The van der Waals surface area contributed by atoms with Gasteiger partial charge >= 0.3 is 0 Å². The van der Waals surface area contributed by atoms with E-state index in [1.807, 2.05) is 17.3 Å². The number of halogens is 2. The molecular weight excluding hydrogens is 396 g/mol. The van der Waals surface area contributed by atoms with Crippen molar-refractivity contribution in [3.05, 3.63) is 70.6 Å². The predicted molar refractivity (Wildman–Crippen MR) is 122 cm³/mol. The predicted octanol–water partition coefficient (Wildman–Crippen LogP) is 7.79. The van der Waals surface area contributed by atoms with E-state index in [4.69, 9.17) is 0 Å². The van der Waals surface area contributed by atoms with Crippen molar-refractivity contribution >= 4 is 23.1 Å². The molecule has 0 spiro atoms. The van der Waals surface area contributed by atoms with Gasteiger partial charge < -0.3 is 0 Å². The number of thiocarbonyl (C=S) groups is 1. The highest BCUT2D eigenvalue weighted by molar-refractivity contribution is 7.78. The average Bonchev–Trinajstić information content (AvgIpc) is 2.76. The molecule has 155 valence electrons. The van der Waals surface area contributed by atoms with Gasteiger partial charge in [0.05, 0.1) is 5.16 Å². The third-order valence-corrected chi connectivity index (χ3v) is 5.83. The average molecular weight is 423 g/mol. The van der Waals surface area contributed by atoms with Crippen LogP contribution in [0.1, 0.15) is 75.0 Å². The van der Waals surface area contributed by atoms with Gasteiger partial charge in [-0.2, -0.15) is 4.99 Å². The fourth-order valence-electron chi connectivity index (χ4n) is 4.01. The van der Waals surface area contributed by atoms with Gasteiger partial charge in [-0.05, 0) is 73.6 Å². The topological polar surface area (TPSA) is 12.4 Å². The summed E-state index contributed by atoms with van der Waals surface area (Å²) in [5.74, 6) is 6.60. The summed E-state index contributed by atoms with van der Waals surface area (Å²) in [7, 11) is 0. The number of nitrogens with zero attached hydrogens (tertiary/aromatic N) is 1. The van der Waals surface area contributed by atoms with E-state index in [1.165, 1.54) is 62.8 Å². The summed E-state index contributed by atoms with van der Waals surface area (Å²) in [4.78, 5) is 3.41. The van der Waals surface area contributed by atoms with Crippen LogP contribution in [-0.4, -0.2) is 5.16 Å². The van der Waals surface area contributed by atoms with E-state index in [0.29, 0.717) is 0 Å². The van der Waals surface area contributed by atoms with Crippen LogP contribution in [0.5, 0.6) is 0 Å². The van der Waals surface area contributed by atoms with Gasteiger partial charge in [-0.15, -0.1) is 0 Å². The van der Waals surface area contributed by atoms with Crippen molar-refractivity contribution in [2.75, 3.05) is 0 Å². The molecule has 1 aliphatic rings. The molecular formula is C26H26F2NS. The Morgan fingerprint density at radius 2 is 1.60 bits per heavy atom. The van der Waals surface area contributed by atoms with Gasteiger partial charge in [0.2, 0.25) is 0 Å². The standard InChI is InChI=1S/C26H26F2NS/c1-2-3-4-5-19-8-12-22(13-9-19)23-14-10-20(11-15-23)6-7-21-16-24(27)26(29-18-30)25(28)17-21/h10-11,14-17,19H,2-5,8-9,12-13H2,1H3. The zero-order valence-electron chi connectivity index (χ0n) is 17.3. The molecule has 2 aromatic rings. The first-order valence-electron chi connectivity index (χ1n) is 10.6. The summed E-state index contributed by atoms with van der Waals surface area (Å²) < 4.78 is 27.8. The molecule has 1 radical (unpaired) electrons. The number of rotatable bonds is 6. The molecule has 0 aliphatic heterocycles. The Bertz CT molecular complexity index is 934. The van der Waals surface area contributed by atoms with Crippen molar-refractivity contribution in [3.8, 4) is 11.8 Å². The second kappa shape index (κ2) is 11.2. The van der Waals surface area contributed by atoms with Gasteiger partial charge in [0.25, 0.3) is 0 Å². The monoisotopic (exact) mass is 422 g/mol. The smallest absolute Gasteiger partial charge is 0.153 e. The molecule has 30 heavy (non-hydrogen) atoms. The minimum absolute atomic E-state index is 0.258. The lowest BCUT2D eigenvalue weighted by Crippen LogP contribution is -2.14. The van der Waals surface area contributed by atoms with E-state index in [0.717, 1.165) is 23.6 Å². The molecule has 4 heteroatoms. The Balaban J connectivity index is 1.61. The van der Waals surface area contributed by atoms with E-state index in [9.17, 15) is 8.78 Å². The minimum Gasteiger partial charge on any atom is -0.204 e. The first kappa shape index (κ1) is 22.3. The van der Waals surface area contributed by atoms with Gasteiger partial charge in [-0.1, -0.05) is 56.6 Å². The third-order valence-electron chi connectivity index (χ3n) is 5.74. The fraction of sp³-hybridized carbons (Fsp3) is 0.385. The lowest BCUT2D eigenvalue weighted by molar-refractivity contribution is 0.352. The molecule has 0 heterocycles. The zero-order valence-corrected chi connectivity index (χ0v) is 18.1. The molecule has 3 rings (SSSR count). The SMILES string of the molecule is CCCCCC1CC[C](c2ccc(C#Cc3cc(F)c(N=C=S)c(F)c3)cc2)CC1. The van der Waals surface area contributed by atoms with Crippen LogP contribution < -0.4 is 0 Å². The van der Waals surface area contributed by atoms with Crippen molar-refractivity contribution in [2.45, 2.75) is 58.3 Å². The Morgan fingerprint density at radius 3 is 2.20 bits per heavy atom. The number of isothiocyanates is 1. The number of benzene rings is 2. The second-order valence-corrected chi connectivity index (χ2v) is 8.04. The lowest BCUT2D eigenvalue weighted by Gasteiger charge is -2.28. The van der Waals surface area contributed by atoms with Crippen molar-refractivity contribution in [3.63, 3.8) is 0 Å². The fourth-order valence-corrected chi connectivity index (χ4v) is 4.10. The molecule has 2 aromatic carbocycles. The molecule has 0 saturated heterocycles. The second-order valence-electron chi connectivity index (χ2n) is 7.86. The van der Waals surface area contributed by atoms with Gasteiger partial charge in [-0.25, -0.2) is 8.78 Å². The molecule has 0 aromatic heterocycles. The van der Waals surface area contributed by atoms with Crippen LogP contribution >= 0.6 is 12.2 Å². The highest BCUT2D eigenvalue weighted by atomic mass is 32.1. The van der Waals surface area contributed by atoms with Crippen LogP contribution in [0.2, 0.25) is 0 Å². The van der Waals surface area contributed by atoms with Crippen LogP contribution in [0.25, 0.3) is 0 Å². The van der Waals surface area contributed by atoms with Crippen molar-refractivity contribution in [1.82, 2.24) is 0 Å². The van der Waals surface area contributed by atoms with Gasteiger partial charge in [0.15, 0.2) is 11.6 Å². The van der Waals surface area contributed by atoms with Crippen molar-refractivity contribution in [1.29, 1.82) is 0 Å². The Labute approximate surface area is 183 Å². The molecule has 1 fully saturated rings. The maximum atomic E-state index is 13.9. The summed E-state index contributed by atoms with van der Waals surface area (Å²) in [5.41, 5.74) is 1.92. The first-order valence-corrected chi connectivity index (χ1v) is 11.1. The number of aliphatic imine (C=N–C) groups is 1. The van der Waals surface area contributed by atoms with Crippen LogP contribution in [0, 0.1) is 35.3 Å². The largest absolute Gasteiger partial charge is 0.204 e. The van der Waals surface area contributed by atoms with E-state index in [2.05, 4.69) is 48.1 Å². The third kappa shape index (κ3) is 6.08. The normalized spacial score (nSPS) is 14.6. The molecule has 1 saturated carbocycles. The van der Waals surface area contributed by atoms with Crippen LogP contribution in [0.3, 0.4) is 0 Å². The number of hydrogen-bond donors (Lipinski definition) is 0. The Kier molecular flexibility index (Phi) is 8.31. The van der Waals surface area contributed by atoms with Crippen LogP contribution in [-0.2, 0) is 0 Å². The Morgan fingerprint density at radius 1 is 0.967 bits per heavy atom. The number of unbranched alkanes of at least 4 members (excludes halogenated alkanes) is 2. The summed E-state index contributed by atoms with van der Waals surface area (Å²) in [6.07, 6.45) is 10.3. The maximum Gasteiger partial charge on any atom is 0.153 e. The molecule has 1 nitrogen and oxygen atoms in total. The molecule has 0 amide bonds. The molecule has 0 unspecified atom stereocenters. The minimum atomic E-state index is -0.798. The quantitative estimate of drug-likeness (QED) is 0.200. The van der Waals surface area contributed by atoms with Crippen molar-refractivity contribution < 1.29 is 8.78 Å². The maximum absolute atomic E-state index is 13.9. The first-order chi connectivity index (χ1) is 14.6. The molecule has 0 N–H and O–H groups in total. The summed E-state index contributed by atoms with van der Waals surface area (Å²) >= 11 is 4.41. The van der Waals surface area contributed by atoms with Gasteiger partial charge in [-0.3, -0.25) is 0 Å². The van der Waals surface area contributed by atoms with Crippen LogP contribution in [0.15, 0.2) is 41.4 Å². The Hall–Kier alpha value is -2.34. The zero-order chi connectivity index (χ0) is 21.3. The van der Waals surface area contributed by atoms with Gasteiger partial charge in [0.1, 0.15) is 5.69 Å². The summed E-state index contributed by atoms with van der Waals surface area (Å²) in [6.45, 7) is 2.25. The molecule has 0 bridgehead atoms. The highest BCUT2D eigenvalue weighted by Crippen LogP contribution is 2.37.